The summed E-state index contributed by atoms with van der Waals surface area (Å²) in [6.45, 7) is 4.93. The molecule has 0 aromatic rings. The van der Waals surface area contributed by atoms with Gasteiger partial charge in [0.25, 0.3) is 0 Å². The second-order valence-corrected chi connectivity index (χ2v) is 4.07. The average molecular weight is 139 g/mol. The van der Waals surface area contributed by atoms with Crippen LogP contribution >= 0.6 is 0 Å². The lowest BCUT2D eigenvalue weighted by Gasteiger charge is -2.00. The molecular formula is C9H17N. The van der Waals surface area contributed by atoms with Gasteiger partial charge in [-0.25, -0.2) is 0 Å². The Kier molecular flexibility index (Phi) is 1.69. The molecular weight excluding hydrogens is 122 g/mol. The van der Waals surface area contributed by atoms with Crippen LogP contribution < -0.4 is 5.32 Å². The SMILES string of the molecule is CC1CC1CNCC1CC1. The van der Waals surface area contributed by atoms with E-state index in [-0.39, 0.29) is 0 Å². The Hall–Kier alpha value is -0.0400. The molecule has 1 heteroatoms. The first kappa shape index (κ1) is 6.66. The van der Waals surface area contributed by atoms with Crippen LogP contribution in [-0.4, -0.2) is 13.1 Å². The molecule has 0 radical (unpaired) electrons. The van der Waals surface area contributed by atoms with Crippen LogP contribution in [0.4, 0.5) is 0 Å². The van der Waals surface area contributed by atoms with E-state index >= 15 is 0 Å². The number of rotatable bonds is 4. The summed E-state index contributed by atoms with van der Waals surface area (Å²) in [4.78, 5) is 0. The number of hydrogen-bond donors (Lipinski definition) is 1. The highest BCUT2D eigenvalue weighted by Gasteiger charge is 2.32. The lowest BCUT2D eigenvalue weighted by molar-refractivity contribution is 0.585. The third kappa shape index (κ3) is 1.72. The van der Waals surface area contributed by atoms with Crippen LogP contribution in [0.1, 0.15) is 26.2 Å². The van der Waals surface area contributed by atoms with Crippen LogP contribution in [0.2, 0.25) is 0 Å². The Morgan fingerprint density at radius 2 is 2.00 bits per heavy atom. The van der Waals surface area contributed by atoms with Crippen LogP contribution in [0.5, 0.6) is 0 Å². The summed E-state index contributed by atoms with van der Waals surface area (Å²) < 4.78 is 0. The Morgan fingerprint density at radius 1 is 1.30 bits per heavy atom. The molecule has 0 aromatic heterocycles. The summed E-state index contributed by atoms with van der Waals surface area (Å²) in [7, 11) is 0. The topological polar surface area (TPSA) is 12.0 Å². The number of nitrogens with one attached hydrogen (secondary N) is 1. The Morgan fingerprint density at radius 3 is 2.50 bits per heavy atom. The highest BCUT2D eigenvalue weighted by atomic mass is 14.9. The standard InChI is InChI=1S/C9H17N/c1-7-4-9(7)6-10-5-8-2-3-8/h7-10H,2-6H2,1H3. The van der Waals surface area contributed by atoms with Crippen LogP contribution in [-0.2, 0) is 0 Å². The van der Waals surface area contributed by atoms with E-state index in [0.717, 1.165) is 17.8 Å². The monoisotopic (exact) mass is 139 g/mol. The molecule has 2 saturated carbocycles. The fourth-order valence-corrected chi connectivity index (χ4v) is 1.48. The molecule has 0 amide bonds. The molecule has 0 aliphatic heterocycles. The van der Waals surface area contributed by atoms with Crippen LogP contribution in [0.25, 0.3) is 0 Å². The molecule has 2 atom stereocenters. The van der Waals surface area contributed by atoms with Gasteiger partial charge < -0.3 is 5.32 Å². The maximum Gasteiger partial charge on any atom is -0.00177 e. The van der Waals surface area contributed by atoms with Crippen molar-refractivity contribution in [1.82, 2.24) is 5.32 Å². The molecule has 1 nitrogen and oxygen atoms in total. The predicted octanol–water partition coefficient (Wildman–Crippen LogP) is 1.64. The minimum absolute atomic E-state index is 1.02. The quantitative estimate of drug-likeness (QED) is 0.624. The third-order valence-corrected chi connectivity index (χ3v) is 2.81. The van der Waals surface area contributed by atoms with Crippen LogP contribution in [0.3, 0.4) is 0 Å². The highest BCUT2D eigenvalue weighted by molar-refractivity contribution is 4.85. The fraction of sp³-hybridized carbons (Fsp3) is 1.00. The molecule has 0 spiro atoms. The molecule has 2 unspecified atom stereocenters. The minimum atomic E-state index is 1.02. The highest BCUT2D eigenvalue weighted by Crippen LogP contribution is 2.37. The van der Waals surface area contributed by atoms with Gasteiger partial charge in [-0.05, 0) is 50.1 Å². The normalized spacial score (nSPS) is 38.1. The molecule has 58 valence electrons. The van der Waals surface area contributed by atoms with E-state index in [4.69, 9.17) is 0 Å². The molecule has 0 saturated heterocycles. The Labute approximate surface area is 63.2 Å². The van der Waals surface area contributed by atoms with Crippen molar-refractivity contribution >= 4 is 0 Å². The molecule has 1 N–H and O–H groups in total. The summed E-state index contributed by atoms with van der Waals surface area (Å²) in [5, 5.41) is 3.54. The molecule has 0 aromatic carbocycles. The fourth-order valence-electron chi connectivity index (χ4n) is 1.48. The van der Waals surface area contributed by atoms with Gasteiger partial charge in [-0.2, -0.15) is 0 Å². The van der Waals surface area contributed by atoms with Gasteiger partial charge in [0.1, 0.15) is 0 Å². The van der Waals surface area contributed by atoms with Gasteiger partial charge in [-0.15, -0.1) is 0 Å². The molecule has 2 fully saturated rings. The molecule has 0 bridgehead atoms. The molecule has 0 heterocycles. The zero-order chi connectivity index (χ0) is 6.97. The first-order chi connectivity index (χ1) is 4.86. The molecule has 2 aliphatic rings. The molecule has 2 rings (SSSR count). The summed E-state index contributed by atoms with van der Waals surface area (Å²) in [5.74, 6) is 3.10. The lowest BCUT2D eigenvalue weighted by atomic mass is 10.3. The van der Waals surface area contributed by atoms with E-state index in [1.165, 1.54) is 32.4 Å². The van der Waals surface area contributed by atoms with Crippen molar-refractivity contribution in [2.45, 2.75) is 26.2 Å². The van der Waals surface area contributed by atoms with Gasteiger partial charge in [-0.1, -0.05) is 6.92 Å². The maximum atomic E-state index is 3.54. The van der Waals surface area contributed by atoms with Gasteiger partial charge in [0.15, 0.2) is 0 Å². The molecule has 10 heavy (non-hydrogen) atoms. The molecule has 2 aliphatic carbocycles. The van der Waals surface area contributed by atoms with Crippen LogP contribution in [0.15, 0.2) is 0 Å². The van der Waals surface area contributed by atoms with Gasteiger partial charge in [0, 0.05) is 0 Å². The Balaban J connectivity index is 1.48. The van der Waals surface area contributed by atoms with Crippen molar-refractivity contribution in [2.24, 2.45) is 17.8 Å². The minimum Gasteiger partial charge on any atom is -0.316 e. The average Bonchev–Trinajstić information content (AvgIpc) is 2.73. The summed E-state index contributed by atoms with van der Waals surface area (Å²) >= 11 is 0. The summed E-state index contributed by atoms with van der Waals surface area (Å²) in [6, 6.07) is 0. The predicted molar refractivity (Wildman–Crippen MR) is 42.9 cm³/mol. The zero-order valence-corrected chi connectivity index (χ0v) is 6.77. The summed E-state index contributed by atoms with van der Waals surface area (Å²) in [6.07, 6.45) is 4.43. The van der Waals surface area contributed by atoms with E-state index < -0.39 is 0 Å². The maximum absolute atomic E-state index is 3.54. The second kappa shape index (κ2) is 2.54. The third-order valence-electron chi connectivity index (χ3n) is 2.81. The van der Waals surface area contributed by atoms with E-state index in [9.17, 15) is 0 Å². The van der Waals surface area contributed by atoms with Crippen molar-refractivity contribution in [2.75, 3.05) is 13.1 Å². The lowest BCUT2D eigenvalue weighted by Crippen LogP contribution is -2.19. The second-order valence-electron chi connectivity index (χ2n) is 4.07. The zero-order valence-electron chi connectivity index (χ0n) is 6.77. The number of hydrogen-bond acceptors (Lipinski definition) is 1. The van der Waals surface area contributed by atoms with Crippen molar-refractivity contribution in [3.63, 3.8) is 0 Å². The largest absolute Gasteiger partial charge is 0.316 e. The van der Waals surface area contributed by atoms with Gasteiger partial charge >= 0.3 is 0 Å². The van der Waals surface area contributed by atoms with Crippen molar-refractivity contribution in [1.29, 1.82) is 0 Å². The smallest absolute Gasteiger partial charge is 0.00177 e. The van der Waals surface area contributed by atoms with Gasteiger partial charge in [0.2, 0.25) is 0 Å². The first-order valence-electron chi connectivity index (χ1n) is 4.57. The van der Waals surface area contributed by atoms with Gasteiger partial charge in [-0.3, -0.25) is 0 Å². The first-order valence-corrected chi connectivity index (χ1v) is 4.57. The Bertz CT molecular complexity index is 118. The van der Waals surface area contributed by atoms with E-state index in [2.05, 4.69) is 12.2 Å². The van der Waals surface area contributed by atoms with Crippen molar-refractivity contribution < 1.29 is 0 Å². The van der Waals surface area contributed by atoms with E-state index in [0.29, 0.717) is 0 Å². The van der Waals surface area contributed by atoms with E-state index in [1.807, 2.05) is 0 Å². The van der Waals surface area contributed by atoms with E-state index in [1.54, 1.807) is 0 Å². The van der Waals surface area contributed by atoms with Crippen LogP contribution in [0, 0.1) is 17.8 Å². The van der Waals surface area contributed by atoms with Crippen molar-refractivity contribution in [3.8, 4) is 0 Å². The summed E-state index contributed by atoms with van der Waals surface area (Å²) in [5.41, 5.74) is 0. The van der Waals surface area contributed by atoms with Crippen molar-refractivity contribution in [3.05, 3.63) is 0 Å². The van der Waals surface area contributed by atoms with Gasteiger partial charge in [0.05, 0.1) is 0 Å².